The SMILES string of the molecule is CN(C)Cc1nccn1-c1ccc(-c2ncc3ncn(-c4cccc(C(N)=O)c4)c3c2O)c(F)c1. The number of amides is 1. The van der Waals surface area contributed by atoms with Gasteiger partial charge in [0.05, 0.1) is 12.7 Å². The quantitative estimate of drug-likeness (QED) is 0.393. The lowest BCUT2D eigenvalue weighted by molar-refractivity contribution is 0.1000. The van der Waals surface area contributed by atoms with Crippen molar-refractivity contribution in [1.82, 2.24) is 29.0 Å². The van der Waals surface area contributed by atoms with Crippen LogP contribution < -0.4 is 5.73 Å². The normalized spacial score (nSPS) is 11.4. The van der Waals surface area contributed by atoms with E-state index < -0.39 is 11.7 Å². The molecule has 35 heavy (non-hydrogen) atoms. The fourth-order valence-corrected chi connectivity index (χ4v) is 4.01. The smallest absolute Gasteiger partial charge is 0.248 e. The van der Waals surface area contributed by atoms with E-state index in [2.05, 4.69) is 15.0 Å². The van der Waals surface area contributed by atoms with E-state index in [0.29, 0.717) is 34.5 Å². The monoisotopic (exact) mass is 471 g/mol. The van der Waals surface area contributed by atoms with Gasteiger partial charge in [0.25, 0.3) is 0 Å². The summed E-state index contributed by atoms with van der Waals surface area (Å²) in [6.07, 6.45) is 6.41. The third-order valence-corrected chi connectivity index (χ3v) is 5.63. The number of carbonyl (C=O) groups excluding carboxylic acids is 1. The molecule has 0 bridgehead atoms. The van der Waals surface area contributed by atoms with Crippen molar-refractivity contribution in [2.45, 2.75) is 6.54 Å². The number of benzene rings is 2. The molecule has 1 amide bonds. The molecule has 0 spiro atoms. The Morgan fingerprint density at radius 1 is 1.09 bits per heavy atom. The highest BCUT2D eigenvalue weighted by molar-refractivity contribution is 5.94. The molecule has 0 saturated heterocycles. The van der Waals surface area contributed by atoms with E-state index in [1.165, 1.54) is 18.6 Å². The van der Waals surface area contributed by atoms with Gasteiger partial charge in [0.2, 0.25) is 5.91 Å². The van der Waals surface area contributed by atoms with Crippen LogP contribution in [0, 0.1) is 5.82 Å². The summed E-state index contributed by atoms with van der Waals surface area (Å²) in [5.74, 6) is -0.578. The topological polar surface area (TPSA) is 115 Å². The zero-order valence-electron chi connectivity index (χ0n) is 19.1. The number of imidazole rings is 2. The second-order valence-electron chi connectivity index (χ2n) is 8.33. The molecule has 3 heterocycles. The second kappa shape index (κ2) is 8.65. The number of carbonyl (C=O) groups is 1. The molecule has 0 aliphatic rings. The maximum Gasteiger partial charge on any atom is 0.248 e. The van der Waals surface area contributed by atoms with Crippen molar-refractivity contribution in [3.05, 3.63) is 84.6 Å². The van der Waals surface area contributed by atoms with Crippen molar-refractivity contribution < 1.29 is 14.3 Å². The third kappa shape index (κ3) is 4.00. The van der Waals surface area contributed by atoms with Gasteiger partial charge in [-0.25, -0.2) is 19.3 Å². The van der Waals surface area contributed by atoms with Gasteiger partial charge < -0.3 is 20.3 Å². The van der Waals surface area contributed by atoms with Crippen LogP contribution in [-0.4, -0.2) is 54.1 Å². The van der Waals surface area contributed by atoms with Crippen molar-refractivity contribution in [2.75, 3.05) is 14.1 Å². The lowest BCUT2D eigenvalue weighted by Crippen LogP contribution is -2.14. The van der Waals surface area contributed by atoms with E-state index >= 15 is 4.39 Å². The first kappa shape index (κ1) is 22.2. The molecule has 0 atom stereocenters. The highest BCUT2D eigenvalue weighted by Crippen LogP contribution is 2.36. The van der Waals surface area contributed by atoms with Gasteiger partial charge in [0.1, 0.15) is 34.7 Å². The van der Waals surface area contributed by atoms with Gasteiger partial charge in [-0.15, -0.1) is 0 Å². The van der Waals surface area contributed by atoms with Gasteiger partial charge in [-0.2, -0.15) is 0 Å². The van der Waals surface area contributed by atoms with Gasteiger partial charge in [0.15, 0.2) is 5.75 Å². The fraction of sp³-hybridized carbons (Fsp3) is 0.120. The Labute approximate surface area is 199 Å². The van der Waals surface area contributed by atoms with Gasteiger partial charge in [-0.05, 0) is 50.5 Å². The molecule has 2 aromatic carbocycles. The summed E-state index contributed by atoms with van der Waals surface area (Å²) in [5, 5.41) is 11.1. The van der Waals surface area contributed by atoms with Crippen molar-refractivity contribution >= 4 is 16.9 Å². The molecule has 9 nitrogen and oxygen atoms in total. The molecule has 3 N–H and O–H groups in total. The molecule has 0 fully saturated rings. The Hall–Kier alpha value is -4.57. The summed E-state index contributed by atoms with van der Waals surface area (Å²) < 4.78 is 18.7. The maximum absolute atomic E-state index is 15.3. The van der Waals surface area contributed by atoms with E-state index in [-0.39, 0.29) is 17.0 Å². The first-order valence-corrected chi connectivity index (χ1v) is 10.8. The number of rotatable bonds is 6. The Kier molecular flexibility index (Phi) is 5.50. The molecule has 10 heteroatoms. The first-order valence-electron chi connectivity index (χ1n) is 10.8. The van der Waals surface area contributed by atoms with Crippen LogP contribution in [-0.2, 0) is 6.54 Å². The summed E-state index contributed by atoms with van der Waals surface area (Å²) in [6.45, 7) is 0.594. The predicted octanol–water partition coefficient (Wildman–Crippen LogP) is 3.28. The van der Waals surface area contributed by atoms with Crippen LogP contribution in [0.25, 0.3) is 33.7 Å². The number of pyridine rings is 1. The lowest BCUT2D eigenvalue weighted by Gasteiger charge is -2.14. The first-order chi connectivity index (χ1) is 16.8. The van der Waals surface area contributed by atoms with Crippen LogP contribution in [0.15, 0.2) is 67.4 Å². The van der Waals surface area contributed by atoms with E-state index in [1.54, 1.807) is 53.4 Å². The standard InChI is InChI=1S/C25H22FN7O2/c1-31(2)13-21-28-8-9-32(21)17-6-7-18(19(26)11-17)22-24(34)23-20(12-29-22)30-14-33(23)16-5-3-4-15(10-16)25(27)35/h3-12,14,34H,13H2,1-2H3,(H2,27,35). The molecule has 5 aromatic rings. The third-order valence-electron chi connectivity index (χ3n) is 5.63. The zero-order valence-corrected chi connectivity index (χ0v) is 19.1. The predicted molar refractivity (Wildman–Crippen MR) is 129 cm³/mol. The minimum atomic E-state index is -0.573. The van der Waals surface area contributed by atoms with Crippen LogP contribution in [0.2, 0.25) is 0 Å². The number of aromatic hydroxyl groups is 1. The number of hydrogen-bond donors (Lipinski definition) is 2. The van der Waals surface area contributed by atoms with Crippen molar-refractivity contribution in [3.8, 4) is 28.4 Å². The molecule has 0 unspecified atom stereocenters. The van der Waals surface area contributed by atoms with Crippen LogP contribution in [0.3, 0.4) is 0 Å². The molecular weight excluding hydrogens is 449 g/mol. The molecule has 3 aromatic heterocycles. The summed E-state index contributed by atoms with van der Waals surface area (Å²) in [4.78, 5) is 26.5. The fourth-order valence-electron chi connectivity index (χ4n) is 4.01. The largest absolute Gasteiger partial charge is 0.504 e. The summed E-state index contributed by atoms with van der Waals surface area (Å²) in [7, 11) is 3.87. The minimum Gasteiger partial charge on any atom is -0.504 e. The molecule has 0 radical (unpaired) electrons. The molecule has 0 saturated carbocycles. The number of fused-ring (bicyclic) bond motifs is 1. The molecule has 0 aliphatic carbocycles. The highest BCUT2D eigenvalue weighted by Gasteiger charge is 2.19. The Morgan fingerprint density at radius 3 is 2.63 bits per heavy atom. The van der Waals surface area contributed by atoms with Crippen LogP contribution in [0.5, 0.6) is 5.75 Å². The number of hydrogen-bond acceptors (Lipinski definition) is 6. The van der Waals surface area contributed by atoms with E-state index in [9.17, 15) is 9.90 Å². The number of aromatic nitrogens is 5. The van der Waals surface area contributed by atoms with Gasteiger partial charge in [0, 0.05) is 34.9 Å². The number of nitrogens with zero attached hydrogens (tertiary/aromatic N) is 6. The average Bonchev–Trinajstić information content (AvgIpc) is 3.47. The summed E-state index contributed by atoms with van der Waals surface area (Å²) >= 11 is 0. The van der Waals surface area contributed by atoms with Gasteiger partial charge in [-0.3, -0.25) is 9.36 Å². The number of halogens is 1. The molecule has 5 rings (SSSR count). The summed E-state index contributed by atoms with van der Waals surface area (Å²) in [6, 6.07) is 11.3. The molecule has 0 aliphatic heterocycles. The van der Waals surface area contributed by atoms with Gasteiger partial charge >= 0.3 is 0 Å². The maximum atomic E-state index is 15.3. The minimum absolute atomic E-state index is 0.0773. The number of primary amides is 1. The van der Waals surface area contributed by atoms with Crippen LogP contribution >= 0.6 is 0 Å². The number of nitrogens with two attached hydrogens (primary N) is 1. The summed E-state index contributed by atoms with van der Waals surface area (Å²) in [5.41, 5.74) is 7.86. The van der Waals surface area contributed by atoms with Crippen LogP contribution in [0.4, 0.5) is 4.39 Å². The van der Waals surface area contributed by atoms with Gasteiger partial charge in [-0.1, -0.05) is 6.07 Å². The van der Waals surface area contributed by atoms with Crippen LogP contribution in [0.1, 0.15) is 16.2 Å². The Balaban J connectivity index is 1.59. The Morgan fingerprint density at radius 2 is 1.89 bits per heavy atom. The molecule has 176 valence electrons. The molecular formula is C25H22FN7O2. The highest BCUT2D eigenvalue weighted by atomic mass is 19.1. The van der Waals surface area contributed by atoms with E-state index in [1.807, 2.05) is 23.6 Å². The average molecular weight is 471 g/mol. The van der Waals surface area contributed by atoms with Crippen molar-refractivity contribution in [3.63, 3.8) is 0 Å². The zero-order chi connectivity index (χ0) is 24.7. The van der Waals surface area contributed by atoms with Crippen molar-refractivity contribution in [1.29, 1.82) is 0 Å². The van der Waals surface area contributed by atoms with Crippen molar-refractivity contribution in [2.24, 2.45) is 5.73 Å². The Bertz CT molecular complexity index is 1570. The lowest BCUT2D eigenvalue weighted by atomic mass is 10.1. The van der Waals surface area contributed by atoms with E-state index in [0.717, 1.165) is 5.82 Å². The second-order valence-corrected chi connectivity index (χ2v) is 8.33. The van der Waals surface area contributed by atoms with E-state index in [4.69, 9.17) is 5.73 Å².